The van der Waals surface area contributed by atoms with Crippen molar-refractivity contribution < 1.29 is 29.4 Å². The number of nitrogens with zero attached hydrogens (tertiary/aromatic N) is 2. The van der Waals surface area contributed by atoms with E-state index in [0.717, 1.165) is 5.69 Å². The van der Waals surface area contributed by atoms with Crippen LogP contribution in [0.4, 0.5) is 0 Å². The molecule has 2 aromatic rings. The molecule has 0 bridgehead atoms. The Kier molecular flexibility index (Phi) is 11.2. The maximum Gasteiger partial charge on any atom is 0.326 e. The number of benzene rings is 1. The maximum atomic E-state index is 13.1. The lowest BCUT2D eigenvalue weighted by molar-refractivity contribution is -0.141. The van der Waals surface area contributed by atoms with E-state index in [-0.39, 0.29) is 24.0 Å². The summed E-state index contributed by atoms with van der Waals surface area (Å²) in [6.07, 6.45) is 4.64. The maximum absolute atomic E-state index is 13.1. The fourth-order valence-corrected chi connectivity index (χ4v) is 4.85. The van der Waals surface area contributed by atoms with Crippen LogP contribution >= 0.6 is 12.2 Å². The number of phenols is 1. The van der Waals surface area contributed by atoms with Crippen molar-refractivity contribution in [3.8, 4) is 5.75 Å². The topological polar surface area (TPSA) is 203 Å². The van der Waals surface area contributed by atoms with Crippen LogP contribution in [0.2, 0.25) is 0 Å². The number of aromatic nitrogens is 2. The highest BCUT2D eigenvalue weighted by atomic mass is 32.1. The summed E-state index contributed by atoms with van der Waals surface area (Å²) in [6.45, 7) is 3.75. The van der Waals surface area contributed by atoms with Crippen LogP contribution in [0.5, 0.6) is 5.75 Å². The molecule has 0 saturated carbocycles. The number of carbonyl (C=O) groups excluding carboxylic acids is 3. The number of hydrogen-bond donors (Lipinski definition) is 7. The SMILES string of the molecule is CC(C)[C@H](N)C(=O)N[C@@H](Cc1cnc[nH]1)C(=S)N1CCC[C@H]1C(=O)NCC(=O)N[C@@H](Cc1ccc(O)cc1)C(=O)O. The van der Waals surface area contributed by atoms with Gasteiger partial charge in [0.2, 0.25) is 17.7 Å². The lowest BCUT2D eigenvalue weighted by Gasteiger charge is -2.32. The van der Waals surface area contributed by atoms with E-state index in [0.29, 0.717) is 36.4 Å². The van der Waals surface area contributed by atoms with Gasteiger partial charge in [0.25, 0.3) is 0 Å². The zero-order valence-corrected chi connectivity index (χ0v) is 23.8. The van der Waals surface area contributed by atoms with Crippen LogP contribution in [0, 0.1) is 5.92 Å². The zero-order valence-electron chi connectivity index (χ0n) is 23.0. The standard InChI is InChI=1S/C27H37N7O6S/c1-15(2)23(28)25(38)33-19(11-17-12-29-14-31-17)26(41)34-9-3-4-21(34)24(37)30-13-22(36)32-20(27(39)40)10-16-5-7-18(35)8-6-16/h5-8,12,14-15,19-21,23,35H,3-4,9-11,13,28H2,1-2H3,(H,29,31)(H,30,37)(H,32,36)(H,33,38)(H,39,40)/t19-,20-,21-,23-/m0/s1. The Balaban J connectivity index is 1.61. The molecule has 41 heavy (non-hydrogen) atoms. The Labute approximate surface area is 243 Å². The highest BCUT2D eigenvalue weighted by molar-refractivity contribution is 7.80. The summed E-state index contributed by atoms with van der Waals surface area (Å²) in [5, 5.41) is 26.9. The number of carboxylic acid groups (broad SMARTS) is 1. The van der Waals surface area contributed by atoms with Crippen molar-refractivity contribution in [2.24, 2.45) is 11.7 Å². The number of amides is 3. The number of aromatic amines is 1. The predicted octanol–water partition coefficient (Wildman–Crippen LogP) is -0.154. The van der Waals surface area contributed by atoms with E-state index in [1.807, 2.05) is 13.8 Å². The first-order valence-electron chi connectivity index (χ1n) is 13.4. The zero-order chi connectivity index (χ0) is 30.1. The number of nitrogens with one attached hydrogen (secondary N) is 4. The molecule has 1 aliphatic rings. The van der Waals surface area contributed by atoms with Gasteiger partial charge in [-0.05, 0) is 36.5 Å². The Bertz CT molecular complexity index is 1220. The summed E-state index contributed by atoms with van der Waals surface area (Å²) in [5.74, 6) is -2.73. The van der Waals surface area contributed by atoms with Crippen LogP contribution in [0.25, 0.3) is 0 Å². The molecule has 0 aliphatic carbocycles. The molecule has 1 aromatic heterocycles. The average Bonchev–Trinajstić information content (AvgIpc) is 3.63. The third-order valence-corrected chi connectivity index (χ3v) is 7.40. The third-order valence-electron chi connectivity index (χ3n) is 6.89. The van der Waals surface area contributed by atoms with Crippen LogP contribution in [0.1, 0.15) is 37.9 Å². The van der Waals surface area contributed by atoms with Crippen molar-refractivity contribution in [3.05, 3.63) is 48.0 Å². The van der Waals surface area contributed by atoms with Gasteiger partial charge in [-0.1, -0.05) is 38.2 Å². The van der Waals surface area contributed by atoms with Crippen LogP contribution < -0.4 is 21.7 Å². The van der Waals surface area contributed by atoms with Crippen LogP contribution in [-0.2, 0) is 32.0 Å². The second-order valence-electron chi connectivity index (χ2n) is 10.3. The first-order valence-corrected chi connectivity index (χ1v) is 13.8. The summed E-state index contributed by atoms with van der Waals surface area (Å²) in [5.41, 5.74) is 7.40. The normalized spacial score (nSPS) is 17.0. The first kappa shape index (κ1) is 31.5. The molecule has 222 valence electrons. The minimum Gasteiger partial charge on any atom is -0.508 e. The first-order chi connectivity index (χ1) is 19.5. The van der Waals surface area contributed by atoms with Gasteiger partial charge >= 0.3 is 5.97 Å². The minimum atomic E-state index is -1.23. The van der Waals surface area contributed by atoms with Gasteiger partial charge in [-0.25, -0.2) is 9.78 Å². The summed E-state index contributed by atoms with van der Waals surface area (Å²) >= 11 is 5.76. The number of rotatable bonds is 13. The van der Waals surface area contributed by atoms with Gasteiger partial charge in [-0.15, -0.1) is 0 Å². The lowest BCUT2D eigenvalue weighted by atomic mass is 10.0. The molecule has 14 heteroatoms. The molecular formula is C27H37N7O6S. The number of nitrogens with two attached hydrogens (primary N) is 1. The van der Waals surface area contributed by atoms with E-state index in [1.165, 1.54) is 18.5 Å². The smallest absolute Gasteiger partial charge is 0.326 e. The molecule has 1 saturated heterocycles. The molecule has 0 spiro atoms. The van der Waals surface area contributed by atoms with Crippen molar-refractivity contribution in [1.82, 2.24) is 30.8 Å². The summed E-state index contributed by atoms with van der Waals surface area (Å²) in [7, 11) is 0. The molecule has 1 fully saturated rings. The Hall–Kier alpha value is -4.04. The van der Waals surface area contributed by atoms with Crippen LogP contribution in [0.15, 0.2) is 36.8 Å². The Morgan fingerprint density at radius 1 is 1.15 bits per heavy atom. The van der Waals surface area contributed by atoms with Gasteiger partial charge in [0.15, 0.2) is 0 Å². The number of imidazole rings is 1. The number of H-pyrrole nitrogens is 1. The van der Waals surface area contributed by atoms with Gasteiger partial charge in [-0.3, -0.25) is 14.4 Å². The fourth-order valence-electron chi connectivity index (χ4n) is 4.49. The summed E-state index contributed by atoms with van der Waals surface area (Å²) < 4.78 is 0. The van der Waals surface area contributed by atoms with Crippen molar-refractivity contribution in [3.63, 3.8) is 0 Å². The van der Waals surface area contributed by atoms with Gasteiger partial charge in [0.05, 0.1) is 25.0 Å². The number of thiocarbonyl (C=S) groups is 1. The molecule has 3 amide bonds. The lowest BCUT2D eigenvalue weighted by Crippen LogP contribution is -2.56. The van der Waals surface area contributed by atoms with Crippen LogP contribution in [0.3, 0.4) is 0 Å². The number of carboxylic acids is 1. The van der Waals surface area contributed by atoms with Crippen molar-refractivity contribution >= 4 is 40.9 Å². The number of likely N-dealkylation sites (tertiary alicyclic amines) is 1. The molecular weight excluding hydrogens is 550 g/mol. The molecule has 8 N–H and O–H groups in total. The second-order valence-corrected chi connectivity index (χ2v) is 10.8. The van der Waals surface area contributed by atoms with E-state index in [4.69, 9.17) is 18.0 Å². The molecule has 1 aromatic carbocycles. The predicted molar refractivity (Wildman–Crippen MR) is 154 cm³/mol. The highest BCUT2D eigenvalue weighted by Crippen LogP contribution is 2.21. The number of phenolic OH excluding ortho intramolecular Hbond substituents is 1. The van der Waals surface area contributed by atoms with E-state index >= 15 is 0 Å². The number of carbonyl (C=O) groups is 4. The Morgan fingerprint density at radius 2 is 1.85 bits per heavy atom. The quantitative estimate of drug-likeness (QED) is 0.154. The monoisotopic (exact) mass is 587 g/mol. The van der Waals surface area contributed by atoms with Gasteiger partial charge in [-0.2, -0.15) is 0 Å². The molecule has 0 radical (unpaired) electrons. The van der Waals surface area contributed by atoms with Crippen molar-refractivity contribution in [2.45, 2.75) is 63.7 Å². The molecule has 3 rings (SSSR count). The van der Waals surface area contributed by atoms with Crippen LogP contribution in [-0.4, -0.2) is 91.0 Å². The van der Waals surface area contributed by atoms with E-state index < -0.39 is 48.5 Å². The van der Waals surface area contributed by atoms with E-state index in [2.05, 4.69) is 25.9 Å². The third kappa shape index (κ3) is 8.98. The average molecular weight is 588 g/mol. The minimum absolute atomic E-state index is 0.00385. The fraction of sp³-hybridized carbons (Fsp3) is 0.481. The number of hydrogen-bond acceptors (Lipinski definition) is 8. The van der Waals surface area contributed by atoms with Crippen molar-refractivity contribution in [2.75, 3.05) is 13.1 Å². The van der Waals surface area contributed by atoms with Gasteiger partial charge < -0.3 is 41.8 Å². The molecule has 0 unspecified atom stereocenters. The Morgan fingerprint density at radius 3 is 2.46 bits per heavy atom. The summed E-state index contributed by atoms with van der Waals surface area (Å²) in [4.78, 5) is 59.2. The molecule has 4 atom stereocenters. The largest absolute Gasteiger partial charge is 0.508 e. The van der Waals surface area contributed by atoms with Gasteiger partial charge in [0.1, 0.15) is 22.8 Å². The summed E-state index contributed by atoms with van der Waals surface area (Å²) in [6, 6.07) is 2.74. The molecule has 13 nitrogen and oxygen atoms in total. The number of aliphatic carboxylic acids is 1. The van der Waals surface area contributed by atoms with E-state index in [9.17, 15) is 29.4 Å². The molecule has 1 aliphatic heterocycles. The van der Waals surface area contributed by atoms with Gasteiger partial charge in [0, 0.05) is 31.3 Å². The molecule has 2 heterocycles. The van der Waals surface area contributed by atoms with Crippen molar-refractivity contribution in [1.29, 1.82) is 0 Å². The highest BCUT2D eigenvalue weighted by Gasteiger charge is 2.36. The second kappa shape index (κ2) is 14.6. The van der Waals surface area contributed by atoms with E-state index in [1.54, 1.807) is 23.2 Å². The number of aromatic hydroxyl groups is 1.